The van der Waals surface area contributed by atoms with Crippen LogP contribution >= 0.6 is 0 Å². The van der Waals surface area contributed by atoms with Crippen LogP contribution in [-0.4, -0.2) is 22.8 Å². The highest BCUT2D eigenvalue weighted by atomic mass is 16.5. The van der Waals surface area contributed by atoms with Crippen LogP contribution in [0.25, 0.3) is 11.0 Å². The molecule has 0 radical (unpaired) electrons. The number of nitrogens with zero attached hydrogens (tertiary/aromatic N) is 2. The number of rotatable bonds is 2. The van der Waals surface area contributed by atoms with E-state index < -0.39 is 0 Å². The molecule has 1 aliphatic rings. The first-order valence-corrected chi connectivity index (χ1v) is 6.96. The predicted octanol–water partition coefficient (Wildman–Crippen LogP) is 2.49. The van der Waals surface area contributed by atoms with Crippen molar-refractivity contribution in [3.8, 4) is 0 Å². The summed E-state index contributed by atoms with van der Waals surface area (Å²) in [6.45, 7) is 3.70. The maximum absolute atomic E-state index is 5.96. The predicted molar refractivity (Wildman–Crippen MR) is 76.1 cm³/mol. The molecule has 1 saturated heterocycles. The van der Waals surface area contributed by atoms with Crippen molar-refractivity contribution in [1.82, 2.24) is 9.55 Å². The van der Waals surface area contributed by atoms with Crippen molar-refractivity contribution in [2.75, 3.05) is 13.2 Å². The fourth-order valence-corrected chi connectivity index (χ4v) is 2.83. The van der Waals surface area contributed by atoms with E-state index in [9.17, 15) is 0 Å². The molecule has 0 amide bonds. The highest BCUT2D eigenvalue weighted by molar-refractivity contribution is 5.77. The van der Waals surface area contributed by atoms with E-state index in [1.165, 1.54) is 11.3 Å². The van der Waals surface area contributed by atoms with Gasteiger partial charge in [0.15, 0.2) is 0 Å². The zero-order valence-electron chi connectivity index (χ0n) is 11.6. The molecular weight excluding hydrogens is 238 g/mol. The summed E-state index contributed by atoms with van der Waals surface area (Å²) in [5, 5.41) is 0. The molecule has 0 spiro atoms. The van der Waals surface area contributed by atoms with E-state index in [0.29, 0.717) is 5.92 Å². The van der Waals surface area contributed by atoms with Crippen LogP contribution in [0.15, 0.2) is 18.2 Å². The number of fused-ring (bicyclic) bond motifs is 1. The Kier molecular flexibility index (Phi) is 3.29. The molecule has 2 N–H and O–H groups in total. The second-order valence-electron chi connectivity index (χ2n) is 5.45. The zero-order chi connectivity index (χ0) is 13.4. The van der Waals surface area contributed by atoms with Crippen LogP contribution in [0.3, 0.4) is 0 Å². The third-order valence-corrected chi connectivity index (χ3v) is 4.05. The minimum atomic E-state index is 0.0610. The number of nitrogens with two attached hydrogens (primary N) is 1. The number of aromatic nitrogens is 2. The fourth-order valence-electron chi connectivity index (χ4n) is 2.83. The summed E-state index contributed by atoms with van der Waals surface area (Å²) in [5.41, 5.74) is 9.36. The topological polar surface area (TPSA) is 53.1 Å². The standard InChI is InChI=1S/C15H21N3O/c1-10(16)12-3-4-13-14(9-12)18(2)15(17-13)11-5-7-19-8-6-11/h3-4,9-11H,5-8,16H2,1-2H3. The molecule has 0 saturated carbocycles. The van der Waals surface area contributed by atoms with Crippen LogP contribution in [0, 0.1) is 0 Å². The quantitative estimate of drug-likeness (QED) is 0.901. The molecule has 1 aromatic carbocycles. The van der Waals surface area contributed by atoms with Crippen molar-refractivity contribution in [2.45, 2.75) is 31.7 Å². The van der Waals surface area contributed by atoms with Gasteiger partial charge < -0.3 is 15.0 Å². The Morgan fingerprint density at radius 2 is 2.11 bits per heavy atom. The molecule has 4 heteroatoms. The first kappa shape index (κ1) is 12.6. The Hall–Kier alpha value is -1.39. The van der Waals surface area contributed by atoms with E-state index in [1.54, 1.807) is 0 Å². The van der Waals surface area contributed by atoms with Crippen LogP contribution in [0.2, 0.25) is 0 Å². The number of hydrogen-bond acceptors (Lipinski definition) is 3. The fraction of sp³-hybridized carbons (Fsp3) is 0.533. The molecule has 1 aromatic heterocycles. The Labute approximate surface area is 113 Å². The molecule has 102 valence electrons. The highest BCUT2D eigenvalue weighted by Gasteiger charge is 2.21. The lowest BCUT2D eigenvalue weighted by molar-refractivity contribution is 0.0831. The molecular formula is C15H21N3O. The lowest BCUT2D eigenvalue weighted by Crippen LogP contribution is -2.17. The van der Waals surface area contributed by atoms with E-state index in [2.05, 4.69) is 29.8 Å². The average Bonchev–Trinajstić information content (AvgIpc) is 2.77. The molecule has 1 unspecified atom stereocenters. The van der Waals surface area contributed by atoms with Gasteiger partial charge in [-0.25, -0.2) is 4.98 Å². The van der Waals surface area contributed by atoms with Gasteiger partial charge in [0, 0.05) is 32.2 Å². The van der Waals surface area contributed by atoms with Crippen LogP contribution in [-0.2, 0) is 11.8 Å². The van der Waals surface area contributed by atoms with Gasteiger partial charge in [-0.3, -0.25) is 0 Å². The first-order valence-electron chi connectivity index (χ1n) is 6.96. The normalized spacial score (nSPS) is 18.9. The molecule has 2 aromatic rings. The molecule has 1 atom stereocenters. The Balaban J connectivity index is 2.04. The summed E-state index contributed by atoms with van der Waals surface area (Å²) in [5.74, 6) is 1.70. The van der Waals surface area contributed by atoms with Gasteiger partial charge in [0.25, 0.3) is 0 Å². The maximum atomic E-state index is 5.96. The Morgan fingerprint density at radius 1 is 1.37 bits per heavy atom. The lowest BCUT2D eigenvalue weighted by Gasteiger charge is -2.21. The summed E-state index contributed by atoms with van der Waals surface area (Å²) in [6, 6.07) is 6.38. The van der Waals surface area contributed by atoms with Gasteiger partial charge in [-0.15, -0.1) is 0 Å². The summed E-state index contributed by atoms with van der Waals surface area (Å²) in [7, 11) is 2.10. The van der Waals surface area contributed by atoms with E-state index >= 15 is 0 Å². The third kappa shape index (κ3) is 2.26. The van der Waals surface area contributed by atoms with Crippen molar-refractivity contribution in [3.63, 3.8) is 0 Å². The van der Waals surface area contributed by atoms with E-state index in [-0.39, 0.29) is 6.04 Å². The average molecular weight is 259 g/mol. The van der Waals surface area contributed by atoms with Crippen molar-refractivity contribution in [2.24, 2.45) is 12.8 Å². The zero-order valence-corrected chi connectivity index (χ0v) is 11.6. The van der Waals surface area contributed by atoms with Gasteiger partial charge >= 0.3 is 0 Å². The molecule has 19 heavy (non-hydrogen) atoms. The van der Waals surface area contributed by atoms with Gasteiger partial charge in [0.2, 0.25) is 0 Å². The Bertz CT molecular complexity index is 582. The third-order valence-electron chi connectivity index (χ3n) is 4.05. The SMILES string of the molecule is CC(N)c1ccc2nc(C3CCOCC3)n(C)c2c1. The van der Waals surface area contributed by atoms with Crippen molar-refractivity contribution in [3.05, 3.63) is 29.6 Å². The molecule has 1 fully saturated rings. The molecule has 2 heterocycles. The van der Waals surface area contributed by atoms with Crippen molar-refractivity contribution in [1.29, 1.82) is 0 Å². The van der Waals surface area contributed by atoms with Crippen molar-refractivity contribution >= 4 is 11.0 Å². The van der Waals surface area contributed by atoms with Crippen LogP contribution in [0.5, 0.6) is 0 Å². The smallest absolute Gasteiger partial charge is 0.112 e. The number of imidazole rings is 1. The van der Waals surface area contributed by atoms with E-state index in [4.69, 9.17) is 15.5 Å². The number of ether oxygens (including phenoxy) is 1. The maximum Gasteiger partial charge on any atom is 0.112 e. The van der Waals surface area contributed by atoms with Gasteiger partial charge in [0.05, 0.1) is 11.0 Å². The minimum Gasteiger partial charge on any atom is -0.381 e. The second kappa shape index (κ2) is 4.94. The molecule has 0 aliphatic carbocycles. The van der Waals surface area contributed by atoms with Gasteiger partial charge in [-0.05, 0) is 37.5 Å². The van der Waals surface area contributed by atoms with E-state index in [0.717, 1.165) is 37.1 Å². The van der Waals surface area contributed by atoms with Crippen LogP contribution in [0.1, 0.15) is 43.1 Å². The monoisotopic (exact) mass is 259 g/mol. The van der Waals surface area contributed by atoms with Crippen LogP contribution < -0.4 is 5.73 Å². The molecule has 0 bridgehead atoms. The lowest BCUT2D eigenvalue weighted by atomic mass is 9.99. The number of hydrogen-bond donors (Lipinski definition) is 1. The summed E-state index contributed by atoms with van der Waals surface area (Å²) in [6.07, 6.45) is 2.13. The van der Waals surface area contributed by atoms with E-state index in [1.807, 2.05) is 6.92 Å². The number of benzene rings is 1. The number of aryl methyl sites for hydroxylation is 1. The second-order valence-corrected chi connectivity index (χ2v) is 5.45. The summed E-state index contributed by atoms with van der Waals surface area (Å²) < 4.78 is 7.65. The largest absolute Gasteiger partial charge is 0.381 e. The van der Waals surface area contributed by atoms with Crippen molar-refractivity contribution < 1.29 is 4.74 Å². The highest BCUT2D eigenvalue weighted by Crippen LogP contribution is 2.29. The van der Waals surface area contributed by atoms with Crippen LogP contribution in [0.4, 0.5) is 0 Å². The van der Waals surface area contributed by atoms with Gasteiger partial charge in [-0.1, -0.05) is 6.07 Å². The first-order chi connectivity index (χ1) is 9.16. The summed E-state index contributed by atoms with van der Waals surface area (Å²) in [4.78, 5) is 4.80. The molecule has 4 nitrogen and oxygen atoms in total. The van der Waals surface area contributed by atoms with Gasteiger partial charge in [-0.2, -0.15) is 0 Å². The summed E-state index contributed by atoms with van der Waals surface area (Å²) >= 11 is 0. The van der Waals surface area contributed by atoms with Gasteiger partial charge in [0.1, 0.15) is 5.82 Å². The minimum absolute atomic E-state index is 0.0610. The molecule has 3 rings (SSSR count). The molecule has 1 aliphatic heterocycles. The Morgan fingerprint density at radius 3 is 2.79 bits per heavy atom.